The Morgan fingerprint density at radius 3 is 2.40 bits per heavy atom. The van der Waals surface area contributed by atoms with Crippen LogP contribution in [0.1, 0.15) is 0 Å². The van der Waals surface area contributed by atoms with Crippen LogP contribution in [0.25, 0.3) is 0 Å². The molecule has 0 aliphatic carbocycles. The third-order valence-corrected chi connectivity index (χ3v) is 3.22. The predicted molar refractivity (Wildman–Crippen MR) is 57.2 cm³/mol. The van der Waals surface area contributed by atoms with E-state index in [-0.39, 0.29) is 4.90 Å². The van der Waals surface area contributed by atoms with Crippen molar-refractivity contribution in [3.8, 4) is 5.75 Å². The molecule has 3 N–H and O–H groups in total. The van der Waals surface area contributed by atoms with E-state index >= 15 is 0 Å². The van der Waals surface area contributed by atoms with E-state index in [9.17, 15) is 8.42 Å². The van der Waals surface area contributed by atoms with Gasteiger partial charge in [0.2, 0.25) is 10.0 Å². The summed E-state index contributed by atoms with van der Waals surface area (Å²) >= 11 is 0. The molecule has 0 atom stereocenters. The van der Waals surface area contributed by atoms with Gasteiger partial charge < -0.3 is 10.5 Å². The summed E-state index contributed by atoms with van der Waals surface area (Å²) in [5.41, 5.74) is 5.27. The van der Waals surface area contributed by atoms with Crippen molar-refractivity contribution in [1.82, 2.24) is 4.72 Å². The first-order valence-electron chi connectivity index (χ1n) is 4.46. The first kappa shape index (κ1) is 12.0. The van der Waals surface area contributed by atoms with Gasteiger partial charge in [0.15, 0.2) is 0 Å². The van der Waals surface area contributed by atoms with Gasteiger partial charge in [-0.1, -0.05) is 0 Å². The minimum Gasteiger partial charge on any atom is -0.492 e. The quantitative estimate of drug-likeness (QED) is 0.742. The summed E-state index contributed by atoms with van der Waals surface area (Å²) in [6.45, 7) is 0.842. The van der Waals surface area contributed by atoms with E-state index in [2.05, 4.69) is 4.72 Å². The van der Waals surface area contributed by atoms with Crippen LogP contribution in [0, 0.1) is 0 Å². The largest absolute Gasteiger partial charge is 0.492 e. The Labute approximate surface area is 89.3 Å². The van der Waals surface area contributed by atoms with Gasteiger partial charge in [0.1, 0.15) is 12.4 Å². The summed E-state index contributed by atoms with van der Waals surface area (Å²) in [6, 6.07) is 6.16. The molecule has 0 aromatic heterocycles. The standard InChI is InChI=1S/C9H14N2O3S/c1-11-15(12,13)9-4-2-8(3-5-9)14-7-6-10/h2-5,11H,6-7,10H2,1H3. The normalized spacial score (nSPS) is 11.3. The molecule has 0 spiro atoms. The van der Waals surface area contributed by atoms with Crippen LogP contribution in [0.3, 0.4) is 0 Å². The lowest BCUT2D eigenvalue weighted by atomic mass is 10.3. The Morgan fingerprint density at radius 2 is 1.93 bits per heavy atom. The third-order valence-electron chi connectivity index (χ3n) is 1.79. The molecule has 0 bridgehead atoms. The van der Waals surface area contributed by atoms with E-state index in [1.807, 2.05) is 0 Å². The highest BCUT2D eigenvalue weighted by molar-refractivity contribution is 7.89. The monoisotopic (exact) mass is 230 g/mol. The average molecular weight is 230 g/mol. The van der Waals surface area contributed by atoms with Crippen LogP contribution < -0.4 is 15.2 Å². The fourth-order valence-electron chi connectivity index (χ4n) is 1.01. The van der Waals surface area contributed by atoms with Crippen LogP contribution >= 0.6 is 0 Å². The number of sulfonamides is 1. The zero-order chi connectivity index (χ0) is 11.3. The van der Waals surface area contributed by atoms with Crippen molar-refractivity contribution in [3.05, 3.63) is 24.3 Å². The van der Waals surface area contributed by atoms with E-state index in [1.54, 1.807) is 12.1 Å². The number of hydrogen-bond acceptors (Lipinski definition) is 4. The summed E-state index contributed by atoms with van der Waals surface area (Å²) in [5.74, 6) is 0.607. The summed E-state index contributed by atoms with van der Waals surface area (Å²) in [5, 5.41) is 0. The Hall–Kier alpha value is -1.11. The van der Waals surface area contributed by atoms with Crippen molar-refractivity contribution in [1.29, 1.82) is 0 Å². The molecule has 1 aromatic rings. The number of benzene rings is 1. The molecule has 6 heteroatoms. The SMILES string of the molecule is CNS(=O)(=O)c1ccc(OCCN)cc1. The Balaban J connectivity index is 2.81. The minimum absolute atomic E-state index is 0.213. The van der Waals surface area contributed by atoms with Gasteiger partial charge in [-0.25, -0.2) is 13.1 Å². The Bertz CT molecular complexity index is 400. The Kier molecular flexibility index (Phi) is 4.07. The van der Waals surface area contributed by atoms with Crippen molar-refractivity contribution < 1.29 is 13.2 Å². The van der Waals surface area contributed by atoms with Gasteiger partial charge in [-0.15, -0.1) is 0 Å². The van der Waals surface area contributed by atoms with Gasteiger partial charge in [0.25, 0.3) is 0 Å². The van der Waals surface area contributed by atoms with Crippen molar-refractivity contribution >= 4 is 10.0 Å². The molecule has 84 valence electrons. The maximum atomic E-state index is 11.4. The second-order valence-electron chi connectivity index (χ2n) is 2.82. The van der Waals surface area contributed by atoms with Crippen LogP contribution in [0.4, 0.5) is 0 Å². The first-order chi connectivity index (χ1) is 7.10. The van der Waals surface area contributed by atoms with Crippen LogP contribution in [-0.4, -0.2) is 28.6 Å². The van der Waals surface area contributed by atoms with Crippen molar-refractivity contribution in [3.63, 3.8) is 0 Å². The lowest BCUT2D eigenvalue weighted by molar-refractivity contribution is 0.328. The third kappa shape index (κ3) is 3.19. The van der Waals surface area contributed by atoms with Crippen molar-refractivity contribution in [2.45, 2.75) is 4.90 Å². The number of ether oxygens (including phenoxy) is 1. The lowest BCUT2D eigenvalue weighted by Crippen LogP contribution is -2.18. The van der Waals surface area contributed by atoms with E-state index in [4.69, 9.17) is 10.5 Å². The summed E-state index contributed by atoms with van der Waals surface area (Å²) in [7, 11) is -2.00. The van der Waals surface area contributed by atoms with Crippen molar-refractivity contribution in [2.75, 3.05) is 20.2 Å². The summed E-state index contributed by atoms with van der Waals surface area (Å²) in [4.78, 5) is 0.213. The average Bonchev–Trinajstić information content (AvgIpc) is 2.27. The topological polar surface area (TPSA) is 81.4 Å². The van der Waals surface area contributed by atoms with Crippen LogP contribution in [0.5, 0.6) is 5.75 Å². The zero-order valence-electron chi connectivity index (χ0n) is 8.43. The smallest absolute Gasteiger partial charge is 0.240 e. The fraction of sp³-hybridized carbons (Fsp3) is 0.333. The zero-order valence-corrected chi connectivity index (χ0v) is 9.25. The number of rotatable bonds is 5. The van der Waals surface area contributed by atoms with Gasteiger partial charge in [-0.2, -0.15) is 0 Å². The molecule has 0 heterocycles. The number of nitrogens with one attached hydrogen (secondary N) is 1. The van der Waals surface area contributed by atoms with Gasteiger partial charge in [-0.05, 0) is 31.3 Å². The molecule has 15 heavy (non-hydrogen) atoms. The fourth-order valence-corrected chi connectivity index (χ4v) is 1.74. The summed E-state index contributed by atoms with van der Waals surface area (Å²) in [6.07, 6.45) is 0. The van der Waals surface area contributed by atoms with E-state index < -0.39 is 10.0 Å². The molecule has 0 fully saturated rings. The molecule has 0 saturated heterocycles. The highest BCUT2D eigenvalue weighted by atomic mass is 32.2. The molecule has 0 radical (unpaired) electrons. The van der Waals surface area contributed by atoms with Gasteiger partial charge in [0.05, 0.1) is 4.90 Å². The molecule has 0 aliphatic rings. The predicted octanol–water partition coefficient (Wildman–Crippen LogP) is -0.0678. The molecular weight excluding hydrogens is 216 g/mol. The summed E-state index contributed by atoms with van der Waals surface area (Å²) < 4.78 is 30.2. The van der Waals surface area contributed by atoms with Gasteiger partial charge in [-0.3, -0.25) is 0 Å². The molecule has 5 nitrogen and oxygen atoms in total. The maximum Gasteiger partial charge on any atom is 0.240 e. The molecule has 0 unspecified atom stereocenters. The van der Waals surface area contributed by atoms with Crippen LogP contribution in [0.2, 0.25) is 0 Å². The highest BCUT2D eigenvalue weighted by Gasteiger charge is 2.10. The van der Waals surface area contributed by atoms with Crippen LogP contribution in [0.15, 0.2) is 29.2 Å². The van der Waals surface area contributed by atoms with Crippen molar-refractivity contribution in [2.24, 2.45) is 5.73 Å². The second-order valence-corrected chi connectivity index (χ2v) is 4.70. The Morgan fingerprint density at radius 1 is 1.33 bits per heavy atom. The second kappa shape index (κ2) is 5.11. The highest BCUT2D eigenvalue weighted by Crippen LogP contribution is 2.15. The minimum atomic E-state index is -3.37. The van der Waals surface area contributed by atoms with E-state index in [1.165, 1.54) is 19.2 Å². The molecular formula is C9H14N2O3S. The molecule has 0 amide bonds. The number of nitrogens with two attached hydrogens (primary N) is 1. The molecule has 0 saturated carbocycles. The number of hydrogen-bond donors (Lipinski definition) is 2. The molecule has 1 aromatic carbocycles. The van der Waals surface area contributed by atoms with Crippen LogP contribution in [-0.2, 0) is 10.0 Å². The van der Waals surface area contributed by atoms with E-state index in [0.717, 1.165) is 0 Å². The van der Waals surface area contributed by atoms with Gasteiger partial charge >= 0.3 is 0 Å². The maximum absolute atomic E-state index is 11.4. The molecule has 1 rings (SSSR count). The molecule has 0 aliphatic heterocycles. The lowest BCUT2D eigenvalue weighted by Gasteiger charge is -2.05. The first-order valence-corrected chi connectivity index (χ1v) is 5.95. The van der Waals surface area contributed by atoms with Gasteiger partial charge in [0, 0.05) is 6.54 Å². The van der Waals surface area contributed by atoms with E-state index in [0.29, 0.717) is 18.9 Å².